The predicted octanol–water partition coefficient (Wildman–Crippen LogP) is 7.36. The first-order chi connectivity index (χ1) is 12.5. The van der Waals surface area contributed by atoms with Gasteiger partial charge in [0.1, 0.15) is 0 Å². The van der Waals surface area contributed by atoms with Gasteiger partial charge in [0.2, 0.25) is 0 Å². The van der Waals surface area contributed by atoms with E-state index in [1.165, 1.54) is 70.6 Å². The van der Waals surface area contributed by atoms with E-state index in [4.69, 9.17) is 5.73 Å². The zero-order chi connectivity index (χ0) is 19.7. The van der Waals surface area contributed by atoms with Gasteiger partial charge in [-0.3, -0.25) is 4.79 Å². The van der Waals surface area contributed by atoms with Crippen LogP contribution in [-0.4, -0.2) is 11.3 Å². The van der Waals surface area contributed by atoms with Crippen molar-refractivity contribution in [2.45, 2.75) is 130 Å². The Balaban J connectivity index is 3.46. The monoisotopic (exact) mass is 365 g/mol. The van der Waals surface area contributed by atoms with Gasteiger partial charge in [-0.25, -0.2) is 0 Å². The maximum atomic E-state index is 12.3. The molecule has 0 aromatic carbocycles. The minimum Gasteiger partial charge on any atom is -0.319 e. The Morgan fingerprint density at radius 1 is 0.846 bits per heavy atom. The van der Waals surface area contributed by atoms with Crippen LogP contribution in [0.2, 0.25) is 0 Å². The fourth-order valence-corrected chi connectivity index (χ4v) is 3.32. The normalized spacial score (nSPS) is 15.3. The number of nitrogens with two attached hydrogens (primary N) is 1. The molecule has 2 N–H and O–H groups in total. The van der Waals surface area contributed by atoms with Crippen molar-refractivity contribution < 1.29 is 4.79 Å². The van der Waals surface area contributed by atoms with Gasteiger partial charge in [0.25, 0.3) is 0 Å². The van der Waals surface area contributed by atoms with Crippen molar-refractivity contribution in [2.75, 3.05) is 0 Å². The average Bonchev–Trinajstić information content (AvgIpc) is 2.63. The first-order valence-electron chi connectivity index (χ1n) is 11.4. The number of hydrogen-bond donors (Lipinski definition) is 1. The highest BCUT2D eigenvalue weighted by Gasteiger charge is 2.32. The van der Waals surface area contributed by atoms with E-state index in [2.05, 4.69) is 32.9 Å². The minimum atomic E-state index is -0.643. The van der Waals surface area contributed by atoms with Gasteiger partial charge in [-0.05, 0) is 44.9 Å². The summed E-state index contributed by atoms with van der Waals surface area (Å²) < 4.78 is 0. The topological polar surface area (TPSA) is 43.1 Å². The molecule has 2 unspecified atom stereocenters. The summed E-state index contributed by atoms with van der Waals surface area (Å²) in [4.78, 5) is 12.3. The summed E-state index contributed by atoms with van der Waals surface area (Å²) >= 11 is 0. The molecule has 0 aliphatic carbocycles. The molecule has 0 amide bonds. The maximum absolute atomic E-state index is 12.3. The third-order valence-corrected chi connectivity index (χ3v) is 5.90. The van der Waals surface area contributed by atoms with Crippen molar-refractivity contribution in [3.05, 3.63) is 12.2 Å². The quantitative estimate of drug-likeness (QED) is 0.204. The molecule has 0 radical (unpaired) electrons. The smallest absolute Gasteiger partial charge is 0.152 e. The molecule has 0 spiro atoms. The molecule has 0 heterocycles. The highest BCUT2D eigenvalue weighted by molar-refractivity contribution is 5.88. The summed E-state index contributed by atoms with van der Waals surface area (Å²) in [6.07, 6.45) is 23.1. The van der Waals surface area contributed by atoms with E-state index in [0.717, 1.165) is 19.3 Å². The van der Waals surface area contributed by atoms with Gasteiger partial charge < -0.3 is 5.73 Å². The van der Waals surface area contributed by atoms with Gasteiger partial charge >= 0.3 is 0 Å². The molecule has 0 aliphatic rings. The van der Waals surface area contributed by atoms with Crippen molar-refractivity contribution in [1.29, 1.82) is 0 Å². The summed E-state index contributed by atoms with van der Waals surface area (Å²) in [6, 6.07) is 0. The maximum Gasteiger partial charge on any atom is 0.152 e. The Bertz CT molecular complexity index is 359. The Morgan fingerprint density at radius 2 is 1.31 bits per heavy atom. The summed E-state index contributed by atoms with van der Waals surface area (Å²) in [6.45, 7) is 8.36. The van der Waals surface area contributed by atoms with E-state index in [1.54, 1.807) is 0 Å². The Kier molecular flexibility index (Phi) is 16.1. The second kappa shape index (κ2) is 16.5. The molecule has 26 heavy (non-hydrogen) atoms. The number of carbonyl (C=O) groups excluding carboxylic acids is 1. The number of unbranched alkanes of at least 4 members (excludes halogenated alkanes) is 11. The molecule has 0 fully saturated rings. The molecule has 0 rings (SSSR count). The SMILES string of the molecule is CCCCCCCCC=CCCCCCCCC(=O)C(C)(N)C(C)CC. The Hall–Kier alpha value is -0.630. The fourth-order valence-electron chi connectivity index (χ4n) is 3.32. The lowest BCUT2D eigenvalue weighted by Crippen LogP contribution is -2.50. The van der Waals surface area contributed by atoms with Crippen LogP contribution in [0.25, 0.3) is 0 Å². The molecule has 0 aromatic heterocycles. The summed E-state index contributed by atoms with van der Waals surface area (Å²) in [7, 11) is 0. The average molecular weight is 366 g/mol. The first-order valence-corrected chi connectivity index (χ1v) is 11.4. The third kappa shape index (κ3) is 12.7. The number of ketones is 1. The van der Waals surface area contributed by atoms with Crippen molar-refractivity contribution in [1.82, 2.24) is 0 Å². The van der Waals surface area contributed by atoms with Gasteiger partial charge in [0.15, 0.2) is 5.78 Å². The van der Waals surface area contributed by atoms with Crippen LogP contribution < -0.4 is 5.73 Å². The van der Waals surface area contributed by atoms with Crippen molar-refractivity contribution in [3.63, 3.8) is 0 Å². The molecule has 0 aromatic rings. The first kappa shape index (κ1) is 25.4. The molecule has 0 bridgehead atoms. The Labute approximate surface area is 164 Å². The molecule has 2 nitrogen and oxygen atoms in total. The van der Waals surface area contributed by atoms with Gasteiger partial charge in [-0.15, -0.1) is 0 Å². The number of carbonyl (C=O) groups is 1. The van der Waals surface area contributed by atoms with Crippen molar-refractivity contribution in [2.24, 2.45) is 11.7 Å². The number of hydrogen-bond acceptors (Lipinski definition) is 2. The molecule has 2 heteroatoms. The summed E-state index contributed by atoms with van der Waals surface area (Å²) in [5, 5.41) is 0. The highest BCUT2D eigenvalue weighted by Crippen LogP contribution is 2.21. The van der Waals surface area contributed by atoms with Crippen molar-refractivity contribution in [3.8, 4) is 0 Å². The van der Waals surface area contributed by atoms with Gasteiger partial charge in [0.05, 0.1) is 5.54 Å². The van der Waals surface area contributed by atoms with Gasteiger partial charge in [0, 0.05) is 6.42 Å². The van der Waals surface area contributed by atoms with E-state index < -0.39 is 5.54 Å². The second-order valence-electron chi connectivity index (χ2n) is 8.35. The van der Waals surface area contributed by atoms with Gasteiger partial charge in [-0.1, -0.05) is 90.7 Å². The molecule has 0 aliphatic heterocycles. The lowest BCUT2D eigenvalue weighted by Gasteiger charge is -2.29. The number of rotatable bonds is 18. The largest absolute Gasteiger partial charge is 0.319 e. The number of allylic oxidation sites excluding steroid dienone is 2. The second-order valence-corrected chi connectivity index (χ2v) is 8.35. The van der Waals surface area contributed by atoms with Crippen LogP contribution in [0.4, 0.5) is 0 Å². The lowest BCUT2D eigenvalue weighted by molar-refractivity contribution is -0.125. The van der Waals surface area contributed by atoms with Crippen molar-refractivity contribution >= 4 is 5.78 Å². The molecular weight excluding hydrogens is 318 g/mol. The van der Waals surface area contributed by atoms with Crippen LogP contribution in [-0.2, 0) is 4.79 Å². The summed E-state index contributed by atoms with van der Waals surface area (Å²) in [5.74, 6) is 0.502. The number of Topliss-reactive ketones (excluding diaryl/α,β-unsaturated/α-hetero) is 1. The summed E-state index contributed by atoms with van der Waals surface area (Å²) in [5.41, 5.74) is 5.57. The predicted molar refractivity (Wildman–Crippen MR) is 117 cm³/mol. The third-order valence-electron chi connectivity index (χ3n) is 5.90. The molecule has 2 atom stereocenters. The van der Waals surface area contributed by atoms with E-state index in [-0.39, 0.29) is 11.7 Å². The van der Waals surface area contributed by atoms with Crippen LogP contribution in [0, 0.1) is 5.92 Å². The molecule has 0 saturated heterocycles. The van der Waals surface area contributed by atoms with Gasteiger partial charge in [-0.2, -0.15) is 0 Å². The lowest BCUT2D eigenvalue weighted by atomic mass is 9.81. The Morgan fingerprint density at radius 3 is 1.81 bits per heavy atom. The van der Waals surface area contributed by atoms with Crippen LogP contribution in [0.5, 0.6) is 0 Å². The van der Waals surface area contributed by atoms with Crippen LogP contribution in [0.1, 0.15) is 124 Å². The van der Waals surface area contributed by atoms with E-state index in [0.29, 0.717) is 6.42 Å². The minimum absolute atomic E-state index is 0.240. The van der Waals surface area contributed by atoms with Crippen LogP contribution >= 0.6 is 0 Å². The molecule has 0 saturated carbocycles. The van der Waals surface area contributed by atoms with E-state index >= 15 is 0 Å². The highest BCUT2D eigenvalue weighted by atomic mass is 16.1. The fraction of sp³-hybridized carbons (Fsp3) is 0.875. The van der Waals surface area contributed by atoms with Crippen LogP contribution in [0.15, 0.2) is 12.2 Å². The zero-order valence-corrected chi connectivity index (χ0v) is 18.3. The molecule has 154 valence electrons. The molecular formula is C24H47NO. The van der Waals surface area contributed by atoms with E-state index in [9.17, 15) is 4.79 Å². The van der Waals surface area contributed by atoms with E-state index in [1.807, 2.05) is 6.92 Å². The standard InChI is InChI=1S/C24H47NO/c1-5-7-8-9-10-11-12-13-14-15-16-17-18-19-20-21-23(26)24(4,25)22(3)6-2/h13-14,22H,5-12,15-21,25H2,1-4H3. The van der Waals surface area contributed by atoms with Crippen LogP contribution in [0.3, 0.4) is 0 Å². The zero-order valence-electron chi connectivity index (χ0n) is 18.3.